The summed E-state index contributed by atoms with van der Waals surface area (Å²) in [4.78, 5) is 21.3. The van der Waals surface area contributed by atoms with Crippen molar-refractivity contribution in [1.29, 1.82) is 0 Å². The highest BCUT2D eigenvalue weighted by molar-refractivity contribution is 7.99. The summed E-state index contributed by atoms with van der Waals surface area (Å²) in [6, 6.07) is 8.88. The van der Waals surface area contributed by atoms with Gasteiger partial charge in [0.05, 0.1) is 6.54 Å². The van der Waals surface area contributed by atoms with Crippen molar-refractivity contribution < 1.29 is 4.79 Å². The van der Waals surface area contributed by atoms with Crippen LogP contribution in [0.15, 0.2) is 29.3 Å². The maximum absolute atomic E-state index is 11.6. The highest BCUT2D eigenvalue weighted by atomic mass is 32.2. The summed E-state index contributed by atoms with van der Waals surface area (Å²) >= 11 is 2.04. The van der Waals surface area contributed by atoms with Gasteiger partial charge >= 0.3 is 0 Å². The molecule has 0 saturated carbocycles. The molecule has 0 atom stereocenters. The van der Waals surface area contributed by atoms with Gasteiger partial charge in [-0.25, -0.2) is 4.99 Å². The third kappa shape index (κ3) is 6.56. The van der Waals surface area contributed by atoms with Crippen LogP contribution in [0.5, 0.6) is 0 Å². The molecular formula is C22H35N5OS. The Balaban J connectivity index is 1.54. The molecule has 0 spiro atoms. The molecule has 3 rings (SSSR count). The van der Waals surface area contributed by atoms with Gasteiger partial charge in [-0.2, -0.15) is 11.8 Å². The zero-order valence-electron chi connectivity index (χ0n) is 17.8. The van der Waals surface area contributed by atoms with E-state index in [1.54, 1.807) is 7.05 Å². The lowest BCUT2D eigenvalue weighted by Crippen LogP contribution is -2.46. The molecule has 0 aliphatic carbocycles. The van der Waals surface area contributed by atoms with Crippen LogP contribution in [0, 0.1) is 5.92 Å². The third-order valence-corrected chi connectivity index (χ3v) is 6.67. The number of likely N-dealkylation sites (tertiary alicyclic amines) is 1. The average molecular weight is 418 g/mol. The Hall–Kier alpha value is -1.89. The van der Waals surface area contributed by atoms with Crippen molar-refractivity contribution in [3.8, 4) is 0 Å². The molecule has 1 aromatic rings. The number of hydrogen-bond acceptors (Lipinski definition) is 4. The van der Waals surface area contributed by atoms with Crippen molar-refractivity contribution in [2.75, 3.05) is 56.2 Å². The minimum Gasteiger partial charge on any atom is -0.370 e. The summed E-state index contributed by atoms with van der Waals surface area (Å²) < 4.78 is 0. The van der Waals surface area contributed by atoms with Crippen molar-refractivity contribution in [2.24, 2.45) is 10.9 Å². The fraction of sp³-hybridized carbons (Fsp3) is 0.636. The van der Waals surface area contributed by atoms with Crippen LogP contribution in [0.25, 0.3) is 0 Å². The Labute approximate surface area is 179 Å². The van der Waals surface area contributed by atoms with Crippen LogP contribution >= 0.6 is 11.8 Å². The SMILES string of the molecule is CCNC(=NCc1ccc(N2CCSCC2)cc1)N1CCC(CC(=O)NC)CC1. The molecule has 0 unspecified atom stereocenters. The molecule has 1 aromatic carbocycles. The van der Waals surface area contributed by atoms with E-state index in [0.29, 0.717) is 18.9 Å². The fourth-order valence-corrected chi connectivity index (χ4v) is 4.84. The van der Waals surface area contributed by atoms with E-state index in [1.807, 2.05) is 11.8 Å². The van der Waals surface area contributed by atoms with Crippen LogP contribution in [0.3, 0.4) is 0 Å². The fourth-order valence-electron chi connectivity index (χ4n) is 3.94. The summed E-state index contributed by atoms with van der Waals surface area (Å²) in [6.07, 6.45) is 2.72. The number of carbonyl (C=O) groups is 1. The highest BCUT2D eigenvalue weighted by Crippen LogP contribution is 2.22. The number of piperidine rings is 1. The zero-order chi connectivity index (χ0) is 20.5. The normalized spacial score (nSPS) is 18.6. The van der Waals surface area contributed by atoms with E-state index in [2.05, 4.69) is 51.6 Å². The Morgan fingerprint density at radius 2 is 1.83 bits per heavy atom. The number of thioether (sulfide) groups is 1. The summed E-state index contributed by atoms with van der Waals surface area (Å²) in [5, 5.41) is 6.18. The second-order valence-electron chi connectivity index (χ2n) is 7.74. The number of nitrogens with one attached hydrogen (secondary N) is 2. The first-order chi connectivity index (χ1) is 14.2. The summed E-state index contributed by atoms with van der Waals surface area (Å²) in [6.45, 7) is 7.86. The molecule has 7 heteroatoms. The Bertz CT molecular complexity index is 664. The van der Waals surface area contributed by atoms with Crippen molar-refractivity contribution in [1.82, 2.24) is 15.5 Å². The number of carbonyl (C=O) groups excluding carboxylic acids is 1. The number of benzene rings is 1. The van der Waals surface area contributed by atoms with Crippen LogP contribution in [0.4, 0.5) is 5.69 Å². The van der Waals surface area contributed by atoms with Crippen LogP contribution in [-0.2, 0) is 11.3 Å². The first-order valence-electron chi connectivity index (χ1n) is 10.8. The predicted octanol–water partition coefficient (Wildman–Crippen LogP) is 2.55. The largest absolute Gasteiger partial charge is 0.370 e. The number of rotatable bonds is 6. The lowest BCUT2D eigenvalue weighted by atomic mass is 9.93. The first kappa shape index (κ1) is 21.8. The molecule has 0 aromatic heterocycles. The van der Waals surface area contributed by atoms with E-state index in [0.717, 1.165) is 51.5 Å². The summed E-state index contributed by atoms with van der Waals surface area (Å²) in [5.41, 5.74) is 2.56. The van der Waals surface area contributed by atoms with Crippen LogP contribution < -0.4 is 15.5 Å². The molecule has 2 aliphatic heterocycles. The minimum absolute atomic E-state index is 0.149. The molecule has 2 fully saturated rings. The van der Waals surface area contributed by atoms with Crippen LogP contribution in [0.1, 0.15) is 31.7 Å². The van der Waals surface area contributed by atoms with E-state index >= 15 is 0 Å². The minimum atomic E-state index is 0.149. The number of hydrogen-bond donors (Lipinski definition) is 2. The molecule has 160 valence electrons. The smallest absolute Gasteiger partial charge is 0.220 e. The Kier molecular flexibility index (Phi) is 8.52. The van der Waals surface area contributed by atoms with E-state index in [9.17, 15) is 4.79 Å². The standard InChI is InChI=1S/C22H35N5OS/c1-3-24-22(27-10-8-18(9-11-27)16-21(28)23-2)25-17-19-4-6-20(7-5-19)26-12-14-29-15-13-26/h4-7,18H,3,8-17H2,1-2H3,(H,23,28)(H,24,25). The summed E-state index contributed by atoms with van der Waals surface area (Å²) in [5.74, 6) is 4.06. The highest BCUT2D eigenvalue weighted by Gasteiger charge is 2.23. The molecule has 2 N–H and O–H groups in total. The number of guanidine groups is 1. The monoisotopic (exact) mass is 417 g/mol. The molecule has 0 bridgehead atoms. The second-order valence-corrected chi connectivity index (χ2v) is 8.97. The van der Waals surface area contributed by atoms with Gasteiger partial charge in [0.1, 0.15) is 0 Å². The third-order valence-electron chi connectivity index (χ3n) is 5.73. The molecule has 2 aliphatic rings. The topological polar surface area (TPSA) is 60.0 Å². The molecule has 2 heterocycles. The van der Waals surface area contributed by atoms with Gasteiger partial charge in [0, 0.05) is 63.4 Å². The van der Waals surface area contributed by atoms with Crippen molar-refractivity contribution in [3.63, 3.8) is 0 Å². The van der Waals surface area contributed by atoms with Gasteiger partial charge in [0.2, 0.25) is 5.91 Å². The molecule has 0 radical (unpaired) electrons. The Morgan fingerprint density at radius 3 is 2.45 bits per heavy atom. The van der Waals surface area contributed by atoms with Crippen LogP contribution in [0.2, 0.25) is 0 Å². The molecule has 29 heavy (non-hydrogen) atoms. The van der Waals surface area contributed by atoms with E-state index < -0.39 is 0 Å². The van der Waals surface area contributed by atoms with Gasteiger partial charge < -0.3 is 20.4 Å². The predicted molar refractivity (Wildman–Crippen MR) is 124 cm³/mol. The number of anilines is 1. The number of nitrogens with zero attached hydrogens (tertiary/aromatic N) is 3. The quantitative estimate of drug-likeness (QED) is 0.550. The van der Waals surface area contributed by atoms with Gasteiger partial charge in [-0.1, -0.05) is 12.1 Å². The average Bonchev–Trinajstić information content (AvgIpc) is 2.78. The molecule has 1 amide bonds. The Morgan fingerprint density at radius 1 is 1.14 bits per heavy atom. The lowest BCUT2D eigenvalue weighted by molar-refractivity contribution is -0.121. The van der Waals surface area contributed by atoms with Crippen molar-refractivity contribution in [2.45, 2.75) is 32.7 Å². The van der Waals surface area contributed by atoms with Gasteiger partial charge in [0.15, 0.2) is 5.96 Å². The lowest BCUT2D eigenvalue weighted by Gasteiger charge is -2.34. The van der Waals surface area contributed by atoms with E-state index in [-0.39, 0.29) is 5.91 Å². The van der Waals surface area contributed by atoms with E-state index in [1.165, 1.54) is 22.8 Å². The number of aliphatic imine (C=N–C) groups is 1. The van der Waals surface area contributed by atoms with Gasteiger partial charge in [-0.15, -0.1) is 0 Å². The van der Waals surface area contributed by atoms with Crippen molar-refractivity contribution >= 4 is 29.3 Å². The van der Waals surface area contributed by atoms with Gasteiger partial charge in [0.25, 0.3) is 0 Å². The summed E-state index contributed by atoms with van der Waals surface area (Å²) in [7, 11) is 1.71. The van der Waals surface area contributed by atoms with Crippen LogP contribution in [-0.4, -0.2) is 68.0 Å². The second kappa shape index (κ2) is 11.3. The maximum Gasteiger partial charge on any atom is 0.220 e. The molecule has 2 saturated heterocycles. The zero-order valence-corrected chi connectivity index (χ0v) is 18.6. The van der Waals surface area contributed by atoms with E-state index in [4.69, 9.17) is 4.99 Å². The van der Waals surface area contributed by atoms with Crippen molar-refractivity contribution in [3.05, 3.63) is 29.8 Å². The first-order valence-corrected chi connectivity index (χ1v) is 12.0. The van der Waals surface area contributed by atoms with Gasteiger partial charge in [-0.05, 0) is 43.4 Å². The maximum atomic E-state index is 11.6. The van der Waals surface area contributed by atoms with Gasteiger partial charge in [-0.3, -0.25) is 4.79 Å². The number of amides is 1. The molecular weight excluding hydrogens is 382 g/mol. The molecule has 6 nitrogen and oxygen atoms in total.